The molecular weight excluding hydrogens is 156 g/mol. The molecule has 0 spiro atoms. The summed E-state index contributed by atoms with van der Waals surface area (Å²) in [6.45, 7) is 0.786. The molecule has 3 heteroatoms. The average Bonchev–Trinajstić information content (AvgIpc) is 2.84. The Labute approximate surface area is 71.0 Å². The summed E-state index contributed by atoms with van der Waals surface area (Å²) in [5.41, 5.74) is 1.20. The Morgan fingerprint density at radius 3 is 3.00 bits per heavy atom. The van der Waals surface area contributed by atoms with Crippen LogP contribution in [0.3, 0.4) is 0 Å². The van der Waals surface area contributed by atoms with E-state index in [-0.39, 0.29) is 11.8 Å². The molecule has 1 heterocycles. The van der Waals surface area contributed by atoms with E-state index in [1.807, 2.05) is 0 Å². The number of carboxylic acids is 1. The number of carbonyl (C=O) groups is 1. The highest BCUT2D eigenvalue weighted by molar-refractivity contribution is 5.74. The number of hydrogen-bond acceptors (Lipinski definition) is 2. The van der Waals surface area contributed by atoms with Crippen LogP contribution in [-0.2, 0) is 9.53 Å². The normalized spacial score (nSPS) is 33.5. The van der Waals surface area contributed by atoms with E-state index in [0.29, 0.717) is 0 Å². The van der Waals surface area contributed by atoms with Crippen molar-refractivity contribution in [2.75, 3.05) is 6.61 Å². The number of allylic oxidation sites excluding steroid dienone is 1. The predicted octanol–water partition coefficient (Wildman–Crippen LogP) is 1.40. The average molecular weight is 168 g/mol. The van der Waals surface area contributed by atoms with Gasteiger partial charge >= 0.3 is 5.97 Å². The zero-order valence-corrected chi connectivity index (χ0v) is 6.82. The van der Waals surface area contributed by atoms with E-state index in [0.717, 1.165) is 25.9 Å². The van der Waals surface area contributed by atoms with Gasteiger partial charge in [-0.2, -0.15) is 0 Å². The van der Waals surface area contributed by atoms with Gasteiger partial charge in [0, 0.05) is 0 Å². The summed E-state index contributed by atoms with van der Waals surface area (Å²) in [7, 11) is 0. The van der Waals surface area contributed by atoms with Crippen LogP contribution in [0.5, 0.6) is 0 Å². The maximum absolute atomic E-state index is 10.5. The van der Waals surface area contributed by atoms with Gasteiger partial charge in [-0.1, -0.05) is 0 Å². The highest BCUT2D eigenvalue weighted by atomic mass is 16.5. The fourth-order valence-electron chi connectivity index (χ4n) is 1.74. The molecule has 0 unspecified atom stereocenters. The van der Waals surface area contributed by atoms with Crippen molar-refractivity contribution in [3.8, 4) is 0 Å². The quantitative estimate of drug-likeness (QED) is 0.678. The summed E-state index contributed by atoms with van der Waals surface area (Å²) >= 11 is 0. The lowest BCUT2D eigenvalue weighted by Crippen LogP contribution is -2.05. The molecule has 1 saturated carbocycles. The fourth-order valence-corrected chi connectivity index (χ4v) is 1.74. The Bertz CT molecular complexity index is 232. The molecule has 2 rings (SSSR count). The molecule has 0 aromatic carbocycles. The summed E-state index contributed by atoms with van der Waals surface area (Å²) in [6, 6.07) is 0. The van der Waals surface area contributed by atoms with Crippen molar-refractivity contribution in [3.63, 3.8) is 0 Å². The van der Waals surface area contributed by atoms with Crippen LogP contribution >= 0.6 is 0 Å². The van der Waals surface area contributed by atoms with Crippen LogP contribution in [0.15, 0.2) is 11.8 Å². The molecule has 12 heavy (non-hydrogen) atoms. The van der Waals surface area contributed by atoms with Crippen LogP contribution in [0, 0.1) is 11.8 Å². The van der Waals surface area contributed by atoms with Crippen molar-refractivity contribution < 1.29 is 14.6 Å². The van der Waals surface area contributed by atoms with Crippen molar-refractivity contribution in [2.45, 2.75) is 19.3 Å². The second kappa shape index (κ2) is 2.81. The third-order valence-corrected chi connectivity index (χ3v) is 2.55. The summed E-state index contributed by atoms with van der Waals surface area (Å²) in [5, 5.41) is 8.69. The highest BCUT2D eigenvalue weighted by Gasteiger charge is 2.45. The Hall–Kier alpha value is -0.990. The smallest absolute Gasteiger partial charge is 0.307 e. The van der Waals surface area contributed by atoms with E-state index in [1.54, 1.807) is 6.26 Å². The first kappa shape index (κ1) is 7.65. The molecule has 1 aliphatic heterocycles. The topological polar surface area (TPSA) is 46.5 Å². The molecule has 0 saturated heterocycles. The molecule has 0 amide bonds. The molecule has 0 bridgehead atoms. The standard InChI is InChI=1S/C9H12O3/c10-9(11)8-4-7(8)6-2-1-3-12-5-6/h5,7-8H,1-4H2,(H,10,11)/t7-,8+/m0/s1. The molecule has 0 aromatic heterocycles. The van der Waals surface area contributed by atoms with E-state index in [4.69, 9.17) is 9.84 Å². The molecule has 0 aromatic rings. The highest BCUT2D eigenvalue weighted by Crippen LogP contribution is 2.46. The fraction of sp³-hybridized carbons (Fsp3) is 0.667. The lowest BCUT2D eigenvalue weighted by atomic mass is 10.0. The number of rotatable bonds is 2. The van der Waals surface area contributed by atoms with Crippen LogP contribution in [-0.4, -0.2) is 17.7 Å². The van der Waals surface area contributed by atoms with Gasteiger partial charge in [0.05, 0.1) is 18.8 Å². The van der Waals surface area contributed by atoms with Gasteiger partial charge in [0.15, 0.2) is 0 Å². The Balaban J connectivity index is 1.95. The maximum Gasteiger partial charge on any atom is 0.307 e. The minimum Gasteiger partial charge on any atom is -0.501 e. The second-order valence-electron chi connectivity index (χ2n) is 3.45. The minimum absolute atomic E-state index is 0.127. The molecule has 1 fully saturated rings. The molecule has 2 aliphatic rings. The minimum atomic E-state index is -0.661. The van der Waals surface area contributed by atoms with E-state index in [1.165, 1.54) is 5.57 Å². The number of aliphatic carboxylic acids is 1. The van der Waals surface area contributed by atoms with Gasteiger partial charge in [0.2, 0.25) is 0 Å². The Morgan fingerprint density at radius 2 is 2.50 bits per heavy atom. The SMILES string of the molecule is O=C(O)[C@@H]1C[C@H]1C1=COCCC1. The summed E-state index contributed by atoms with van der Waals surface area (Å²) in [4.78, 5) is 10.5. The third kappa shape index (κ3) is 1.31. The first-order chi connectivity index (χ1) is 5.79. The lowest BCUT2D eigenvalue weighted by molar-refractivity contribution is -0.138. The van der Waals surface area contributed by atoms with Crippen LogP contribution in [0.25, 0.3) is 0 Å². The van der Waals surface area contributed by atoms with Crippen LogP contribution in [0.2, 0.25) is 0 Å². The van der Waals surface area contributed by atoms with E-state index >= 15 is 0 Å². The molecule has 1 aliphatic carbocycles. The van der Waals surface area contributed by atoms with Crippen molar-refractivity contribution >= 4 is 5.97 Å². The largest absolute Gasteiger partial charge is 0.501 e. The monoisotopic (exact) mass is 168 g/mol. The zero-order valence-electron chi connectivity index (χ0n) is 6.82. The van der Waals surface area contributed by atoms with Gasteiger partial charge in [-0.25, -0.2) is 0 Å². The van der Waals surface area contributed by atoms with Gasteiger partial charge in [0.1, 0.15) is 0 Å². The molecule has 3 nitrogen and oxygen atoms in total. The predicted molar refractivity (Wildman–Crippen MR) is 42.5 cm³/mol. The van der Waals surface area contributed by atoms with Crippen molar-refractivity contribution in [1.29, 1.82) is 0 Å². The first-order valence-electron chi connectivity index (χ1n) is 4.32. The van der Waals surface area contributed by atoms with Crippen LogP contribution < -0.4 is 0 Å². The number of carboxylic acid groups (broad SMARTS) is 1. The van der Waals surface area contributed by atoms with Gasteiger partial charge in [-0.15, -0.1) is 0 Å². The van der Waals surface area contributed by atoms with Crippen LogP contribution in [0.4, 0.5) is 0 Å². The molecular formula is C9H12O3. The van der Waals surface area contributed by atoms with Gasteiger partial charge in [0.25, 0.3) is 0 Å². The van der Waals surface area contributed by atoms with Crippen molar-refractivity contribution in [2.24, 2.45) is 11.8 Å². The lowest BCUT2D eigenvalue weighted by Gasteiger charge is -2.12. The van der Waals surface area contributed by atoms with Crippen LogP contribution in [0.1, 0.15) is 19.3 Å². The summed E-state index contributed by atoms with van der Waals surface area (Å²) < 4.78 is 5.16. The zero-order chi connectivity index (χ0) is 8.55. The Kier molecular flexibility index (Phi) is 1.79. The van der Waals surface area contributed by atoms with Crippen molar-refractivity contribution in [3.05, 3.63) is 11.8 Å². The van der Waals surface area contributed by atoms with Gasteiger partial charge in [-0.3, -0.25) is 4.79 Å². The van der Waals surface area contributed by atoms with Gasteiger partial charge < -0.3 is 9.84 Å². The Morgan fingerprint density at radius 1 is 1.67 bits per heavy atom. The van der Waals surface area contributed by atoms with E-state index < -0.39 is 5.97 Å². The van der Waals surface area contributed by atoms with Gasteiger partial charge in [-0.05, 0) is 30.8 Å². The van der Waals surface area contributed by atoms with Crippen molar-refractivity contribution in [1.82, 2.24) is 0 Å². The second-order valence-corrected chi connectivity index (χ2v) is 3.45. The van der Waals surface area contributed by atoms with E-state index in [9.17, 15) is 4.79 Å². The first-order valence-corrected chi connectivity index (χ1v) is 4.32. The van der Waals surface area contributed by atoms with E-state index in [2.05, 4.69) is 0 Å². The number of hydrogen-bond donors (Lipinski definition) is 1. The number of ether oxygens (including phenoxy) is 1. The molecule has 66 valence electrons. The molecule has 0 radical (unpaired) electrons. The maximum atomic E-state index is 10.5. The molecule has 1 N–H and O–H groups in total. The molecule has 2 atom stereocenters. The summed E-state index contributed by atoms with van der Waals surface area (Å²) in [5.74, 6) is -0.507. The summed E-state index contributed by atoms with van der Waals surface area (Å²) in [6.07, 6.45) is 4.63. The third-order valence-electron chi connectivity index (χ3n) is 2.55.